The number of thiazole rings is 1. The van der Waals surface area contributed by atoms with Crippen LogP contribution in [0.3, 0.4) is 0 Å². The number of pyridine rings is 2. The van der Waals surface area contributed by atoms with Crippen LogP contribution >= 0.6 is 23.1 Å². The van der Waals surface area contributed by atoms with E-state index in [1.165, 1.54) is 29.4 Å². The topological polar surface area (TPSA) is 107 Å². The van der Waals surface area contributed by atoms with E-state index in [1.807, 2.05) is 35.9 Å². The van der Waals surface area contributed by atoms with Gasteiger partial charge in [-0.3, -0.25) is 0 Å². The molecule has 0 aliphatic heterocycles. The Morgan fingerprint density at radius 1 is 1.07 bits per heavy atom. The fraction of sp³-hybridized carbons (Fsp3) is 0.0625. The summed E-state index contributed by atoms with van der Waals surface area (Å²) in [4.78, 5) is 23.1. The summed E-state index contributed by atoms with van der Waals surface area (Å²) in [5.41, 5.74) is 2.25. The molecule has 0 saturated carbocycles. The Balaban J connectivity index is 1.53. The molecule has 5 rings (SSSR count). The number of nitrogens with one attached hydrogen (secondary N) is 1. The van der Waals surface area contributed by atoms with Crippen molar-refractivity contribution >= 4 is 55.4 Å². The van der Waals surface area contributed by atoms with Gasteiger partial charge in [-0.25, -0.2) is 24.9 Å². The standard InChI is InChI=1S/C16H11N9S2/c1-25-8-20-24-16(25)26-11-5-4-9-12(22-11)13(19-7-18-9)23-15-21-10-3-2-6-17-14(10)27-15/h2-8H,1H3,(H,18,19,21,23). The molecular weight excluding hydrogens is 382 g/mol. The van der Waals surface area contributed by atoms with Gasteiger partial charge in [0.25, 0.3) is 0 Å². The Labute approximate surface area is 161 Å². The van der Waals surface area contributed by atoms with Crippen molar-refractivity contribution in [1.82, 2.24) is 39.7 Å². The van der Waals surface area contributed by atoms with E-state index in [9.17, 15) is 0 Å². The van der Waals surface area contributed by atoms with Gasteiger partial charge in [-0.05, 0) is 36.0 Å². The Kier molecular flexibility index (Phi) is 3.87. The highest BCUT2D eigenvalue weighted by atomic mass is 32.2. The molecule has 0 fully saturated rings. The molecule has 0 unspecified atom stereocenters. The van der Waals surface area contributed by atoms with E-state index >= 15 is 0 Å². The molecular formula is C16H11N9S2. The smallest absolute Gasteiger partial charge is 0.197 e. The van der Waals surface area contributed by atoms with Crippen LogP contribution < -0.4 is 5.32 Å². The number of nitrogens with zero attached hydrogens (tertiary/aromatic N) is 8. The fourth-order valence-corrected chi connectivity index (χ4v) is 4.00. The summed E-state index contributed by atoms with van der Waals surface area (Å²) >= 11 is 2.89. The zero-order valence-corrected chi connectivity index (χ0v) is 15.6. The van der Waals surface area contributed by atoms with Crippen molar-refractivity contribution in [3.8, 4) is 0 Å². The second-order valence-electron chi connectivity index (χ2n) is 5.54. The second kappa shape index (κ2) is 6.52. The SMILES string of the molecule is Cn1cnnc1Sc1ccc2ncnc(Nc3nc4cccnc4s3)c2n1. The summed E-state index contributed by atoms with van der Waals surface area (Å²) in [5.74, 6) is 0.597. The third-order valence-electron chi connectivity index (χ3n) is 3.71. The molecule has 0 aliphatic carbocycles. The molecule has 5 aromatic heterocycles. The number of aromatic nitrogens is 8. The first kappa shape index (κ1) is 16.0. The lowest BCUT2D eigenvalue weighted by atomic mass is 10.3. The van der Waals surface area contributed by atoms with Gasteiger partial charge in [0.15, 0.2) is 16.1 Å². The van der Waals surface area contributed by atoms with Crippen LogP contribution in [0.1, 0.15) is 0 Å². The van der Waals surface area contributed by atoms with Crippen molar-refractivity contribution in [2.75, 3.05) is 5.32 Å². The maximum absolute atomic E-state index is 4.70. The second-order valence-corrected chi connectivity index (χ2v) is 7.50. The van der Waals surface area contributed by atoms with Crippen LogP contribution in [-0.2, 0) is 7.05 Å². The normalized spacial score (nSPS) is 11.3. The van der Waals surface area contributed by atoms with Gasteiger partial charge < -0.3 is 9.88 Å². The van der Waals surface area contributed by atoms with E-state index in [0.29, 0.717) is 16.5 Å². The molecule has 27 heavy (non-hydrogen) atoms. The van der Waals surface area contributed by atoms with E-state index < -0.39 is 0 Å². The summed E-state index contributed by atoms with van der Waals surface area (Å²) in [6.07, 6.45) is 4.91. The highest BCUT2D eigenvalue weighted by molar-refractivity contribution is 7.99. The van der Waals surface area contributed by atoms with Gasteiger partial charge >= 0.3 is 0 Å². The first-order valence-corrected chi connectivity index (χ1v) is 9.52. The van der Waals surface area contributed by atoms with Crippen LogP contribution in [0.25, 0.3) is 21.4 Å². The minimum Gasteiger partial charge on any atom is -0.314 e. The average Bonchev–Trinajstić information content (AvgIpc) is 3.28. The predicted molar refractivity (Wildman–Crippen MR) is 103 cm³/mol. The highest BCUT2D eigenvalue weighted by Crippen LogP contribution is 2.30. The lowest BCUT2D eigenvalue weighted by Crippen LogP contribution is -1.98. The molecule has 0 aliphatic rings. The minimum absolute atomic E-state index is 0.597. The van der Waals surface area contributed by atoms with Gasteiger partial charge in [0.1, 0.15) is 33.5 Å². The van der Waals surface area contributed by atoms with E-state index in [1.54, 1.807) is 12.5 Å². The average molecular weight is 393 g/mol. The molecule has 5 aromatic rings. The molecule has 9 nitrogen and oxygen atoms in total. The van der Waals surface area contributed by atoms with Crippen LogP contribution in [0.2, 0.25) is 0 Å². The molecule has 0 atom stereocenters. The van der Waals surface area contributed by atoms with Gasteiger partial charge in [-0.1, -0.05) is 11.3 Å². The fourth-order valence-electron chi connectivity index (χ4n) is 2.45. The summed E-state index contributed by atoms with van der Waals surface area (Å²) in [6, 6.07) is 7.60. The Bertz CT molecular complexity index is 1230. The van der Waals surface area contributed by atoms with E-state index in [-0.39, 0.29) is 0 Å². The lowest BCUT2D eigenvalue weighted by Gasteiger charge is -2.06. The number of fused-ring (bicyclic) bond motifs is 2. The number of rotatable bonds is 4. The third-order valence-corrected chi connectivity index (χ3v) is 5.60. The molecule has 0 saturated heterocycles. The van der Waals surface area contributed by atoms with Crippen molar-refractivity contribution < 1.29 is 0 Å². The summed E-state index contributed by atoms with van der Waals surface area (Å²) in [7, 11) is 1.89. The molecule has 5 heterocycles. The maximum atomic E-state index is 4.70. The number of aryl methyl sites for hydroxylation is 1. The Morgan fingerprint density at radius 2 is 2.04 bits per heavy atom. The van der Waals surface area contributed by atoms with Crippen LogP contribution in [-0.4, -0.2) is 39.7 Å². The highest BCUT2D eigenvalue weighted by Gasteiger charge is 2.12. The van der Waals surface area contributed by atoms with Crippen LogP contribution in [0.15, 0.2) is 53.3 Å². The van der Waals surface area contributed by atoms with Crippen LogP contribution in [0.4, 0.5) is 10.9 Å². The largest absolute Gasteiger partial charge is 0.314 e. The van der Waals surface area contributed by atoms with Gasteiger partial charge in [-0.15, -0.1) is 10.2 Å². The first-order chi connectivity index (χ1) is 13.3. The monoisotopic (exact) mass is 393 g/mol. The van der Waals surface area contributed by atoms with Gasteiger partial charge in [0.2, 0.25) is 0 Å². The Morgan fingerprint density at radius 3 is 2.89 bits per heavy atom. The molecule has 0 spiro atoms. The van der Waals surface area contributed by atoms with Gasteiger partial charge in [-0.2, -0.15) is 0 Å². The van der Waals surface area contributed by atoms with Crippen molar-refractivity contribution in [3.63, 3.8) is 0 Å². The van der Waals surface area contributed by atoms with Crippen molar-refractivity contribution in [2.24, 2.45) is 7.05 Å². The first-order valence-electron chi connectivity index (χ1n) is 7.88. The van der Waals surface area contributed by atoms with Crippen molar-refractivity contribution in [3.05, 3.63) is 43.1 Å². The Hall–Kier alpha value is -3.18. The molecule has 0 amide bonds. The quantitative estimate of drug-likeness (QED) is 0.493. The number of hydrogen-bond donors (Lipinski definition) is 1. The van der Waals surface area contributed by atoms with E-state index in [4.69, 9.17) is 4.98 Å². The molecule has 11 heteroatoms. The molecule has 1 N–H and O–H groups in total. The predicted octanol–water partition coefficient (Wildman–Crippen LogP) is 3.05. The number of anilines is 2. The van der Waals surface area contributed by atoms with E-state index in [0.717, 1.165) is 26.0 Å². The zero-order valence-electron chi connectivity index (χ0n) is 13.9. The maximum Gasteiger partial charge on any atom is 0.197 e. The molecule has 0 radical (unpaired) electrons. The van der Waals surface area contributed by atoms with Gasteiger partial charge in [0.05, 0.1) is 5.52 Å². The molecule has 132 valence electrons. The molecule has 0 bridgehead atoms. The van der Waals surface area contributed by atoms with Gasteiger partial charge in [0, 0.05) is 13.2 Å². The summed E-state index contributed by atoms with van der Waals surface area (Å²) in [6.45, 7) is 0. The van der Waals surface area contributed by atoms with Crippen molar-refractivity contribution in [1.29, 1.82) is 0 Å². The number of hydrogen-bond acceptors (Lipinski definition) is 10. The molecule has 0 aromatic carbocycles. The van der Waals surface area contributed by atoms with E-state index in [2.05, 4.69) is 35.5 Å². The zero-order chi connectivity index (χ0) is 18.2. The van der Waals surface area contributed by atoms with Crippen LogP contribution in [0, 0.1) is 0 Å². The van der Waals surface area contributed by atoms with Crippen molar-refractivity contribution in [2.45, 2.75) is 10.2 Å². The minimum atomic E-state index is 0.597. The summed E-state index contributed by atoms with van der Waals surface area (Å²) < 4.78 is 1.84. The third kappa shape index (κ3) is 3.06. The lowest BCUT2D eigenvalue weighted by molar-refractivity contribution is 0.787. The van der Waals surface area contributed by atoms with Crippen LogP contribution in [0.5, 0.6) is 0 Å². The summed E-state index contributed by atoms with van der Waals surface area (Å²) in [5, 5.41) is 13.5.